The van der Waals surface area contributed by atoms with Gasteiger partial charge in [-0.3, -0.25) is 14.8 Å². The molecule has 1 heterocycles. The topological polar surface area (TPSA) is 60.2 Å². The molecule has 0 bridgehead atoms. The van der Waals surface area contributed by atoms with Crippen molar-refractivity contribution in [2.24, 2.45) is 0 Å². The van der Waals surface area contributed by atoms with Gasteiger partial charge in [0.15, 0.2) is 6.21 Å². The first-order valence-electron chi connectivity index (χ1n) is 6.38. The van der Waals surface area contributed by atoms with Gasteiger partial charge in [0.05, 0.1) is 4.92 Å². The predicted molar refractivity (Wildman–Crippen MR) is 76.6 cm³/mol. The summed E-state index contributed by atoms with van der Waals surface area (Å²) in [5.74, 6) is 0. The van der Waals surface area contributed by atoms with Crippen LogP contribution in [0.2, 0.25) is 0 Å². The number of rotatable bonds is 3. The first-order chi connectivity index (χ1) is 9.74. The van der Waals surface area contributed by atoms with E-state index >= 15 is 0 Å². The van der Waals surface area contributed by atoms with Crippen LogP contribution in [0.5, 0.6) is 0 Å². The molecule has 2 aromatic rings. The Bertz CT molecular complexity index is 695. The van der Waals surface area contributed by atoms with Crippen LogP contribution in [0.1, 0.15) is 11.1 Å². The summed E-state index contributed by atoms with van der Waals surface area (Å²) in [7, 11) is 0. The summed E-state index contributed by atoms with van der Waals surface area (Å²) >= 11 is 0. The summed E-state index contributed by atoms with van der Waals surface area (Å²) < 4.78 is 1.77. The number of fused-ring (bicyclic) bond motifs is 1. The van der Waals surface area contributed by atoms with Gasteiger partial charge in [0, 0.05) is 18.1 Å². The van der Waals surface area contributed by atoms with E-state index in [1.807, 2.05) is 24.4 Å². The zero-order valence-corrected chi connectivity index (χ0v) is 10.8. The molecule has 1 aliphatic heterocycles. The monoisotopic (exact) mass is 267 g/mol. The predicted octanol–water partition coefficient (Wildman–Crippen LogP) is 3.20. The Morgan fingerprint density at radius 2 is 1.85 bits per heavy atom. The molecule has 0 aliphatic carbocycles. The fourth-order valence-corrected chi connectivity index (χ4v) is 2.27. The van der Waals surface area contributed by atoms with E-state index in [1.54, 1.807) is 22.9 Å². The van der Waals surface area contributed by atoms with Crippen molar-refractivity contribution in [1.29, 1.82) is 0 Å². The summed E-state index contributed by atoms with van der Waals surface area (Å²) in [5.41, 5.74) is 7.18. The average molecular weight is 267 g/mol. The quantitative estimate of drug-likeness (QED) is 0.487. The normalized spacial score (nSPS) is 13.3. The molecular weight excluding hydrogens is 254 g/mol. The molecule has 3 rings (SSSR count). The molecule has 1 aliphatic rings. The van der Waals surface area contributed by atoms with Crippen molar-refractivity contribution in [3.8, 4) is 0 Å². The standard InChI is InChI=1S/C15H13N3O2/c19-18(20)15-8-4-3-7-14(15)16-17-10-9-12-5-1-2-6-13(12)11-17/h1-8,11H,9-10H2. The fraction of sp³-hybridized carbons (Fsp3) is 0.133. The van der Waals surface area contributed by atoms with Crippen molar-refractivity contribution in [2.45, 2.75) is 6.42 Å². The first-order valence-corrected chi connectivity index (χ1v) is 6.38. The fourth-order valence-electron chi connectivity index (χ4n) is 2.27. The van der Waals surface area contributed by atoms with Gasteiger partial charge in [-0.25, -0.2) is 0 Å². The SMILES string of the molecule is O=[N+]([O-])c1ccccc1[N-][N+]1=Cc2ccccc2CC1. The molecule has 0 atom stereocenters. The van der Waals surface area contributed by atoms with Gasteiger partial charge in [0.25, 0.3) is 5.69 Å². The summed E-state index contributed by atoms with van der Waals surface area (Å²) in [6.07, 6.45) is 2.81. The molecule has 0 saturated carbocycles. The van der Waals surface area contributed by atoms with Gasteiger partial charge in [0.2, 0.25) is 0 Å². The molecule has 0 aromatic heterocycles. The van der Waals surface area contributed by atoms with Gasteiger partial charge in [0.1, 0.15) is 6.54 Å². The molecule has 2 aromatic carbocycles. The lowest BCUT2D eigenvalue weighted by Crippen LogP contribution is -2.18. The Kier molecular flexibility index (Phi) is 3.16. The molecule has 0 N–H and O–H groups in total. The molecule has 0 saturated heterocycles. The van der Waals surface area contributed by atoms with Crippen LogP contribution < -0.4 is 0 Å². The van der Waals surface area contributed by atoms with Crippen LogP contribution in [0.4, 0.5) is 11.4 Å². The Morgan fingerprint density at radius 3 is 2.70 bits per heavy atom. The van der Waals surface area contributed by atoms with E-state index in [2.05, 4.69) is 11.5 Å². The van der Waals surface area contributed by atoms with Crippen LogP contribution >= 0.6 is 0 Å². The highest BCUT2D eigenvalue weighted by molar-refractivity contribution is 5.79. The van der Waals surface area contributed by atoms with E-state index in [9.17, 15) is 10.1 Å². The molecule has 0 spiro atoms. The van der Waals surface area contributed by atoms with Gasteiger partial charge < -0.3 is 5.43 Å². The summed E-state index contributed by atoms with van der Waals surface area (Å²) in [4.78, 5) is 10.6. The summed E-state index contributed by atoms with van der Waals surface area (Å²) in [5, 5.41) is 11.0. The van der Waals surface area contributed by atoms with Crippen molar-refractivity contribution in [3.05, 3.63) is 75.2 Å². The Labute approximate surface area is 116 Å². The lowest BCUT2D eigenvalue weighted by Gasteiger charge is -2.21. The molecule has 5 nitrogen and oxygen atoms in total. The Morgan fingerprint density at radius 1 is 1.10 bits per heavy atom. The maximum atomic E-state index is 11.0. The summed E-state index contributed by atoms with van der Waals surface area (Å²) in [6.45, 7) is 0.725. The van der Waals surface area contributed by atoms with E-state index in [-0.39, 0.29) is 5.69 Å². The number of nitro groups is 1. The number of nitro benzene ring substituents is 1. The molecule has 100 valence electrons. The largest absolute Gasteiger partial charge is 0.404 e. The maximum Gasteiger partial charge on any atom is 0.259 e. The van der Waals surface area contributed by atoms with Crippen LogP contribution in [-0.2, 0) is 6.42 Å². The number of hydrogen-bond acceptors (Lipinski definition) is 2. The van der Waals surface area contributed by atoms with E-state index < -0.39 is 4.92 Å². The molecule has 20 heavy (non-hydrogen) atoms. The van der Waals surface area contributed by atoms with E-state index in [4.69, 9.17) is 0 Å². The van der Waals surface area contributed by atoms with Crippen molar-refractivity contribution in [1.82, 2.24) is 0 Å². The minimum atomic E-state index is -0.406. The highest BCUT2D eigenvalue weighted by atomic mass is 16.6. The van der Waals surface area contributed by atoms with Crippen molar-refractivity contribution >= 4 is 17.6 Å². The highest BCUT2D eigenvalue weighted by Gasteiger charge is 2.13. The number of benzene rings is 2. The molecule has 0 unspecified atom stereocenters. The van der Waals surface area contributed by atoms with Crippen LogP contribution in [0, 0.1) is 10.1 Å². The maximum absolute atomic E-state index is 11.0. The van der Waals surface area contributed by atoms with Gasteiger partial charge in [-0.15, -0.1) is 0 Å². The first kappa shape index (κ1) is 12.3. The molecule has 0 amide bonds. The second-order valence-corrected chi connectivity index (χ2v) is 4.59. The minimum Gasteiger partial charge on any atom is -0.404 e. The van der Waals surface area contributed by atoms with Gasteiger partial charge in [-0.2, -0.15) is 0 Å². The van der Waals surface area contributed by atoms with Crippen LogP contribution in [0.15, 0.2) is 48.5 Å². The van der Waals surface area contributed by atoms with Crippen LogP contribution in [-0.4, -0.2) is 22.4 Å². The van der Waals surface area contributed by atoms with Crippen molar-refractivity contribution < 1.29 is 9.61 Å². The van der Waals surface area contributed by atoms with E-state index in [0.29, 0.717) is 5.69 Å². The molecular formula is C15H13N3O2. The lowest BCUT2D eigenvalue weighted by molar-refractivity contribution is -0.469. The van der Waals surface area contributed by atoms with Gasteiger partial charge in [-0.1, -0.05) is 36.4 Å². The summed E-state index contributed by atoms with van der Waals surface area (Å²) in [6, 6.07) is 14.6. The average Bonchev–Trinajstić information content (AvgIpc) is 2.47. The number of nitrogens with zero attached hydrogens (tertiary/aromatic N) is 3. The third kappa shape index (κ3) is 2.38. The second-order valence-electron chi connectivity index (χ2n) is 4.59. The van der Waals surface area contributed by atoms with Gasteiger partial charge >= 0.3 is 0 Å². The third-order valence-corrected chi connectivity index (χ3v) is 3.27. The van der Waals surface area contributed by atoms with Crippen LogP contribution in [0.25, 0.3) is 5.43 Å². The zero-order valence-electron chi connectivity index (χ0n) is 10.8. The van der Waals surface area contributed by atoms with Crippen molar-refractivity contribution in [2.75, 3.05) is 6.54 Å². The number of para-hydroxylation sites is 1. The second kappa shape index (κ2) is 5.13. The van der Waals surface area contributed by atoms with Crippen molar-refractivity contribution in [3.63, 3.8) is 0 Å². The molecule has 0 radical (unpaired) electrons. The van der Waals surface area contributed by atoms with Crippen LogP contribution in [0.3, 0.4) is 0 Å². The number of hydrogen-bond donors (Lipinski definition) is 0. The van der Waals surface area contributed by atoms with E-state index in [0.717, 1.165) is 18.5 Å². The highest BCUT2D eigenvalue weighted by Crippen LogP contribution is 2.31. The van der Waals surface area contributed by atoms with Gasteiger partial charge in [-0.05, 0) is 17.3 Å². The zero-order chi connectivity index (χ0) is 13.9. The Balaban J connectivity index is 1.90. The third-order valence-electron chi connectivity index (χ3n) is 3.27. The Hall–Kier alpha value is -2.69. The minimum absolute atomic E-state index is 0.0276. The molecule has 0 fully saturated rings. The lowest BCUT2D eigenvalue weighted by atomic mass is 10.0. The van der Waals surface area contributed by atoms with E-state index in [1.165, 1.54) is 11.6 Å². The smallest absolute Gasteiger partial charge is 0.259 e. The molecule has 5 heteroatoms.